The smallest absolute Gasteiger partial charge is 0.335 e. The summed E-state index contributed by atoms with van der Waals surface area (Å²) in [5.41, 5.74) is 3.74. The second kappa shape index (κ2) is 10.4. The average molecular weight is 515 g/mol. The predicted molar refractivity (Wildman–Crippen MR) is 131 cm³/mol. The summed E-state index contributed by atoms with van der Waals surface area (Å²) in [6, 6.07) is 7.95. The van der Waals surface area contributed by atoms with Crippen LogP contribution in [0, 0.1) is 11.8 Å². The van der Waals surface area contributed by atoms with E-state index in [0.29, 0.717) is 6.54 Å². The van der Waals surface area contributed by atoms with E-state index in [1.807, 2.05) is 24.3 Å². The van der Waals surface area contributed by atoms with Crippen molar-refractivity contribution in [3.8, 4) is 0 Å². The highest BCUT2D eigenvalue weighted by Crippen LogP contribution is 2.38. The van der Waals surface area contributed by atoms with Crippen molar-refractivity contribution in [2.45, 2.75) is 49.8 Å². The van der Waals surface area contributed by atoms with E-state index in [4.69, 9.17) is 19.2 Å². The van der Waals surface area contributed by atoms with Crippen LogP contribution in [0.2, 0.25) is 0 Å². The number of carboxylic acids is 1. The van der Waals surface area contributed by atoms with Gasteiger partial charge >= 0.3 is 5.97 Å². The molecule has 3 aliphatic heterocycles. The Hall–Kier alpha value is -3.06. The van der Waals surface area contributed by atoms with E-state index < -0.39 is 61.4 Å². The lowest BCUT2D eigenvalue weighted by Gasteiger charge is -2.43. The van der Waals surface area contributed by atoms with Crippen LogP contribution in [0.4, 0.5) is 0 Å². The fourth-order valence-corrected chi connectivity index (χ4v) is 5.34. The number of rotatable bonds is 7. The van der Waals surface area contributed by atoms with Crippen LogP contribution in [0.15, 0.2) is 53.7 Å². The largest absolute Gasteiger partial charge is 0.478 e. The second-order valence-electron chi connectivity index (χ2n) is 9.44. The summed E-state index contributed by atoms with van der Waals surface area (Å²) in [7, 11) is 0. The fourth-order valence-electron chi connectivity index (χ4n) is 5.34. The van der Waals surface area contributed by atoms with Crippen LogP contribution in [0.3, 0.4) is 0 Å². The topological polar surface area (TPSA) is 174 Å². The van der Waals surface area contributed by atoms with Crippen molar-refractivity contribution in [3.63, 3.8) is 0 Å². The molecule has 0 amide bonds. The Labute approximate surface area is 212 Å². The molecule has 37 heavy (non-hydrogen) atoms. The maximum atomic E-state index is 12.1. The third-order valence-electron chi connectivity index (χ3n) is 7.32. The number of para-hydroxylation sites is 1. The number of aliphatic hydroxyl groups excluding tert-OH is 4. The number of fused-ring (bicyclic) bond motifs is 3. The van der Waals surface area contributed by atoms with Crippen LogP contribution in [-0.4, -0.2) is 92.3 Å². The summed E-state index contributed by atoms with van der Waals surface area (Å²) in [5, 5.41) is 51.1. The quantitative estimate of drug-likeness (QED) is 0.287. The van der Waals surface area contributed by atoms with E-state index >= 15 is 0 Å². The summed E-state index contributed by atoms with van der Waals surface area (Å²) in [6.07, 6.45) is -4.88. The minimum atomic E-state index is -1.63. The summed E-state index contributed by atoms with van der Waals surface area (Å²) >= 11 is 0. The second-order valence-corrected chi connectivity index (χ2v) is 9.44. The van der Waals surface area contributed by atoms with Gasteiger partial charge in [-0.3, -0.25) is 4.99 Å². The highest BCUT2D eigenvalue weighted by molar-refractivity contribution is 6.07. The van der Waals surface area contributed by atoms with Gasteiger partial charge in [0.1, 0.15) is 24.4 Å². The summed E-state index contributed by atoms with van der Waals surface area (Å²) in [5.74, 6) is -2.49. The molecule has 198 valence electrons. The fraction of sp³-hybridized carbons (Fsp3) is 0.462. The average Bonchev–Trinajstić information content (AvgIpc) is 3.28. The predicted octanol–water partition coefficient (Wildman–Crippen LogP) is 0.463. The molecule has 2 aromatic rings. The van der Waals surface area contributed by atoms with Gasteiger partial charge in [0.05, 0.1) is 29.8 Å². The first-order valence-electron chi connectivity index (χ1n) is 12.1. The van der Waals surface area contributed by atoms with E-state index in [2.05, 4.69) is 11.6 Å². The molecule has 0 unspecified atom stereocenters. The number of aliphatic carboxylic acids is 1. The minimum absolute atomic E-state index is 0.0180. The summed E-state index contributed by atoms with van der Waals surface area (Å²) in [4.78, 5) is 20.3. The molecule has 3 aliphatic rings. The van der Waals surface area contributed by atoms with Crippen molar-refractivity contribution >= 4 is 22.6 Å². The number of nitrogens with zero attached hydrogens (tertiary/aromatic N) is 1. The Morgan fingerprint density at radius 1 is 1.19 bits per heavy atom. The van der Waals surface area contributed by atoms with Crippen molar-refractivity contribution in [3.05, 3.63) is 60.0 Å². The molecule has 0 aliphatic carbocycles. The van der Waals surface area contributed by atoms with E-state index in [-0.39, 0.29) is 12.0 Å². The number of hydrogen-bond acceptors (Lipinski definition) is 9. The lowest BCUT2D eigenvalue weighted by atomic mass is 9.79. The summed E-state index contributed by atoms with van der Waals surface area (Å²) in [6.45, 7) is 3.82. The molecule has 1 fully saturated rings. The van der Waals surface area contributed by atoms with Gasteiger partial charge in [0.15, 0.2) is 6.29 Å². The Morgan fingerprint density at radius 2 is 1.97 bits per heavy atom. The van der Waals surface area contributed by atoms with Gasteiger partial charge in [-0.1, -0.05) is 24.3 Å². The van der Waals surface area contributed by atoms with Crippen molar-refractivity contribution in [1.82, 2.24) is 4.98 Å². The molecule has 1 aromatic heterocycles. The highest BCUT2D eigenvalue weighted by atomic mass is 16.8. The summed E-state index contributed by atoms with van der Waals surface area (Å²) < 4.78 is 16.9. The first-order valence-corrected chi connectivity index (χ1v) is 12.1. The number of hydrogen-bond donors (Lipinski definition) is 6. The first kappa shape index (κ1) is 25.6. The van der Waals surface area contributed by atoms with E-state index in [1.54, 1.807) is 0 Å². The molecular weight excluding hydrogens is 484 g/mol. The zero-order chi connectivity index (χ0) is 26.3. The lowest BCUT2D eigenvalue weighted by molar-refractivity contribution is -0.339. The van der Waals surface area contributed by atoms with E-state index in [0.717, 1.165) is 40.6 Å². The van der Waals surface area contributed by atoms with E-state index in [9.17, 15) is 30.3 Å². The van der Waals surface area contributed by atoms with Crippen LogP contribution in [-0.2, 0) is 25.4 Å². The van der Waals surface area contributed by atoms with Crippen molar-refractivity contribution < 1.29 is 44.5 Å². The normalized spacial score (nSPS) is 33.7. The molecular formula is C26H30N2O9. The molecule has 5 rings (SSSR count). The molecule has 0 radical (unpaired) electrons. The van der Waals surface area contributed by atoms with Crippen LogP contribution >= 0.6 is 0 Å². The molecule has 1 saturated heterocycles. The first-order chi connectivity index (χ1) is 17.8. The van der Waals surface area contributed by atoms with Crippen LogP contribution < -0.4 is 0 Å². The number of aliphatic imine (C=N–C) groups is 1. The maximum absolute atomic E-state index is 12.1. The van der Waals surface area contributed by atoms with Crippen molar-refractivity contribution in [2.75, 3.05) is 13.2 Å². The molecule has 6 N–H and O–H groups in total. The van der Waals surface area contributed by atoms with Gasteiger partial charge in [0.2, 0.25) is 6.29 Å². The highest BCUT2D eigenvalue weighted by Gasteiger charge is 2.47. The molecule has 11 nitrogen and oxygen atoms in total. The van der Waals surface area contributed by atoms with Crippen molar-refractivity contribution in [2.24, 2.45) is 16.8 Å². The van der Waals surface area contributed by atoms with Crippen molar-refractivity contribution in [1.29, 1.82) is 0 Å². The number of nitrogens with one attached hydrogen (secondary N) is 1. The molecule has 0 saturated carbocycles. The number of H-pyrrole nitrogens is 1. The molecule has 1 aromatic carbocycles. The third-order valence-corrected chi connectivity index (χ3v) is 7.32. The number of aliphatic hydroxyl groups is 4. The van der Waals surface area contributed by atoms with Gasteiger partial charge in [-0.05, 0) is 24.5 Å². The lowest BCUT2D eigenvalue weighted by Crippen LogP contribution is -2.60. The molecule has 0 bridgehead atoms. The van der Waals surface area contributed by atoms with Gasteiger partial charge in [0, 0.05) is 29.3 Å². The Balaban J connectivity index is 1.42. The number of ether oxygens (including phenoxy) is 3. The third kappa shape index (κ3) is 4.58. The zero-order valence-electron chi connectivity index (χ0n) is 19.9. The monoisotopic (exact) mass is 514 g/mol. The Morgan fingerprint density at radius 3 is 2.70 bits per heavy atom. The number of aromatic nitrogens is 1. The van der Waals surface area contributed by atoms with Crippen LogP contribution in [0.25, 0.3) is 10.9 Å². The molecule has 4 heterocycles. The van der Waals surface area contributed by atoms with Gasteiger partial charge in [0.25, 0.3) is 0 Å². The Bertz CT molecular complexity index is 1240. The number of carbonyl (C=O) groups is 1. The maximum Gasteiger partial charge on any atom is 0.335 e. The molecule has 8 atom stereocenters. The van der Waals surface area contributed by atoms with Gasteiger partial charge < -0.3 is 44.7 Å². The molecule has 0 spiro atoms. The number of aromatic amines is 1. The van der Waals surface area contributed by atoms with Crippen LogP contribution in [0.1, 0.15) is 17.7 Å². The Kier molecular flexibility index (Phi) is 7.17. The number of carboxylic acid groups (broad SMARTS) is 1. The minimum Gasteiger partial charge on any atom is -0.478 e. The standard InChI is InChI=1S/C26H30N2O9/c1-2-12-15(9-18-20-14(7-8-27-18)13-5-3-4-6-17(13)28-20)16(24(33)34)11-35-25(12)37-26-23(32)22(31)21(30)19(10-29)36-26/h2-6,11-12,15,19,21-23,25-26,28-32H,1,7-10H2,(H,33,34)/t12-,15-,19-,21-,22+,23-,25+,26+/m1/s1. The van der Waals surface area contributed by atoms with Gasteiger partial charge in [-0.15, -0.1) is 6.58 Å². The van der Waals surface area contributed by atoms with Gasteiger partial charge in [-0.2, -0.15) is 0 Å². The number of benzene rings is 1. The molecule has 11 heteroatoms. The SMILES string of the molecule is C=C[C@H]1[C@H](O[C@@H]2O[C@H](CO)[C@@H](O)[C@H](O)[C@H]2O)OC=C(C(=O)O)[C@@H]1CC1=NCCc2c1[nH]c1ccccc21. The zero-order valence-corrected chi connectivity index (χ0v) is 19.9. The van der Waals surface area contributed by atoms with E-state index in [1.165, 1.54) is 6.08 Å². The van der Waals surface area contributed by atoms with Gasteiger partial charge in [-0.25, -0.2) is 4.79 Å². The van der Waals surface area contributed by atoms with Crippen LogP contribution in [0.5, 0.6) is 0 Å².